The molecule has 17 heavy (non-hydrogen) atoms. The topological polar surface area (TPSA) is 148 Å². The zero-order valence-corrected chi connectivity index (χ0v) is 9.72. The van der Waals surface area contributed by atoms with E-state index in [1.165, 1.54) is 0 Å². The summed E-state index contributed by atoms with van der Waals surface area (Å²) in [6.07, 6.45) is 1.76. The molecule has 102 valence electrons. The molecule has 1 rings (SSSR count). The van der Waals surface area contributed by atoms with Crippen molar-refractivity contribution in [3.05, 3.63) is 0 Å². The Morgan fingerprint density at radius 1 is 1.29 bits per heavy atom. The molecule has 8 nitrogen and oxygen atoms in total. The number of urea groups is 1. The minimum absolute atomic E-state index is 0.0278. The van der Waals surface area contributed by atoms with E-state index in [0.29, 0.717) is 13.2 Å². The largest absolute Gasteiger partial charge is 0.394 e. The lowest BCUT2D eigenvalue weighted by atomic mass is 10.4. The minimum Gasteiger partial charge on any atom is -0.394 e. The Balaban J connectivity index is 0. The van der Waals surface area contributed by atoms with Crippen LogP contribution < -0.4 is 16.8 Å². The van der Waals surface area contributed by atoms with E-state index in [0.717, 1.165) is 19.4 Å². The first kappa shape index (κ1) is 18.0. The molecule has 0 spiro atoms. The van der Waals surface area contributed by atoms with Gasteiger partial charge in [-0.3, -0.25) is 4.79 Å². The highest BCUT2D eigenvalue weighted by Crippen LogP contribution is 1.93. The monoisotopic (exact) mass is 251 g/mol. The second kappa shape index (κ2) is 14.6. The Kier molecular flexibility index (Phi) is 15.5. The summed E-state index contributed by atoms with van der Waals surface area (Å²) < 4.78 is 4.63. The van der Waals surface area contributed by atoms with Gasteiger partial charge in [0.1, 0.15) is 0 Å². The van der Waals surface area contributed by atoms with Crippen LogP contribution in [-0.2, 0) is 9.53 Å². The van der Waals surface area contributed by atoms with Crippen molar-refractivity contribution in [3.63, 3.8) is 0 Å². The molecule has 8 heteroatoms. The van der Waals surface area contributed by atoms with Crippen molar-refractivity contribution in [2.45, 2.75) is 12.8 Å². The maximum absolute atomic E-state index is 10.1. The van der Waals surface area contributed by atoms with E-state index in [9.17, 15) is 4.79 Å². The maximum Gasteiger partial charge on any atom is 0.309 e. The molecule has 0 aromatic rings. The second-order valence-electron chi connectivity index (χ2n) is 2.92. The predicted molar refractivity (Wildman–Crippen MR) is 61.0 cm³/mol. The first-order valence-corrected chi connectivity index (χ1v) is 5.15. The van der Waals surface area contributed by atoms with E-state index in [2.05, 4.69) is 21.5 Å². The standard InChI is InChI=1S/C4H7NO.C4H10O3.CH4N2O/c6-4-2-1-3-5-4;5-1-3-7-4-2-6;2-1(3)4/h1-3H2,(H,5,6);5-6H,1-4H2;(H4,2,3,4). The van der Waals surface area contributed by atoms with Crippen molar-refractivity contribution in [1.82, 2.24) is 5.32 Å². The molecule has 0 saturated carbocycles. The fourth-order valence-corrected chi connectivity index (χ4v) is 0.796. The summed E-state index contributed by atoms with van der Waals surface area (Å²) >= 11 is 0. The van der Waals surface area contributed by atoms with Crippen LogP contribution >= 0.6 is 0 Å². The number of amides is 3. The summed E-state index contributed by atoms with van der Waals surface area (Å²) in [6, 6.07) is -0.833. The van der Waals surface area contributed by atoms with Gasteiger partial charge in [0.25, 0.3) is 0 Å². The first-order valence-electron chi connectivity index (χ1n) is 5.15. The molecule has 0 aliphatic carbocycles. The SMILES string of the molecule is NC(N)=O.O=C1CCCN1.OCCOCCO. The van der Waals surface area contributed by atoms with Gasteiger partial charge >= 0.3 is 6.03 Å². The van der Waals surface area contributed by atoms with Gasteiger partial charge in [0.15, 0.2) is 0 Å². The van der Waals surface area contributed by atoms with E-state index in [1.807, 2.05) is 0 Å². The van der Waals surface area contributed by atoms with E-state index in [4.69, 9.17) is 15.0 Å². The van der Waals surface area contributed by atoms with Crippen LogP contribution in [-0.4, -0.2) is 55.1 Å². The highest BCUT2D eigenvalue weighted by Gasteiger charge is 2.05. The van der Waals surface area contributed by atoms with Gasteiger partial charge in [-0.05, 0) is 6.42 Å². The summed E-state index contributed by atoms with van der Waals surface area (Å²) in [6.45, 7) is 1.58. The van der Waals surface area contributed by atoms with Gasteiger partial charge < -0.3 is 31.7 Å². The summed E-state index contributed by atoms with van der Waals surface area (Å²) in [7, 11) is 0. The maximum atomic E-state index is 10.1. The van der Waals surface area contributed by atoms with Gasteiger partial charge in [0.05, 0.1) is 26.4 Å². The van der Waals surface area contributed by atoms with Gasteiger partial charge in [-0.25, -0.2) is 4.79 Å². The zero-order chi connectivity index (χ0) is 13.5. The lowest BCUT2D eigenvalue weighted by molar-refractivity contribution is -0.119. The van der Waals surface area contributed by atoms with Crippen LogP contribution in [0.1, 0.15) is 12.8 Å². The quantitative estimate of drug-likeness (QED) is 0.363. The Hall–Kier alpha value is -1.38. The average Bonchev–Trinajstić information content (AvgIpc) is 2.70. The van der Waals surface area contributed by atoms with Crippen LogP contribution in [0.25, 0.3) is 0 Å². The number of hydrogen-bond donors (Lipinski definition) is 5. The third kappa shape index (κ3) is 25.2. The fraction of sp³-hybridized carbons (Fsp3) is 0.778. The lowest BCUT2D eigenvalue weighted by Gasteiger charge is -1.94. The molecule has 0 radical (unpaired) electrons. The molecule has 0 atom stereocenters. The average molecular weight is 251 g/mol. The summed E-state index contributed by atoms with van der Waals surface area (Å²) in [4.78, 5) is 19.1. The third-order valence-corrected chi connectivity index (χ3v) is 1.37. The van der Waals surface area contributed by atoms with Gasteiger partial charge in [-0.1, -0.05) is 0 Å². The molecule has 1 aliphatic rings. The van der Waals surface area contributed by atoms with Gasteiger partial charge in [0, 0.05) is 13.0 Å². The van der Waals surface area contributed by atoms with Crippen molar-refractivity contribution in [2.75, 3.05) is 33.0 Å². The van der Waals surface area contributed by atoms with Crippen molar-refractivity contribution in [1.29, 1.82) is 0 Å². The number of hydrogen-bond acceptors (Lipinski definition) is 5. The number of rotatable bonds is 4. The Bertz CT molecular complexity index is 185. The zero-order valence-electron chi connectivity index (χ0n) is 9.72. The number of carbonyl (C=O) groups is 2. The molecule has 0 bridgehead atoms. The number of nitrogens with one attached hydrogen (secondary N) is 1. The number of aliphatic hydroxyl groups excluding tert-OH is 2. The number of carbonyl (C=O) groups excluding carboxylic acids is 2. The Morgan fingerprint density at radius 2 is 1.76 bits per heavy atom. The number of nitrogens with two attached hydrogens (primary N) is 2. The molecule has 0 aromatic carbocycles. The van der Waals surface area contributed by atoms with E-state index in [-0.39, 0.29) is 19.1 Å². The molecular weight excluding hydrogens is 230 g/mol. The van der Waals surface area contributed by atoms with Crippen LogP contribution in [0.3, 0.4) is 0 Å². The van der Waals surface area contributed by atoms with E-state index in [1.54, 1.807) is 0 Å². The van der Waals surface area contributed by atoms with Crippen LogP contribution in [0.4, 0.5) is 4.79 Å². The Labute approximate surface area is 99.9 Å². The number of aliphatic hydroxyl groups is 2. The van der Waals surface area contributed by atoms with Crippen molar-refractivity contribution in [2.24, 2.45) is 11.5 Å². The number of ether oxygens (including phenoxy) is 1. The van der Waals surface area contributed by atoms with Crippen LogP contribution in [0.2, 0.25) is 0 Å². The Morgan fingerprint density at radius 3 is 1.94 bits per heavy atom. The molecule has 1 fully saturated rings. The molecule has 0 aromatic heterocycles. The van der Waals surface area contributed by atoms with Crippen molar-refractivity contribution < 1.29 is 24.5 Å². The molecule has 0 unspecified atom stereocenters. The normalized spacial score (nSPS) is 12.7. The third-order valence-electron chi connectivity index (χ3n) is 1.37. The fourth-order valence-electron chi connectivity index (χ4n) is 0.796. The smallest absolute Gasteiger partial charge is 0.309 e. The van der Waals surface area contributed by atoms with Gasteiger partial charge in [-0.2, -0.15) is 0 Å². The number of primary amides is 2. The first-order chi connectivity index (χ1) is 8.04. The lowest BCUT2D eigenvalue weighted by Crippen LogP contribution is -2.18. The van der Waals surface area contributed by atoms with Crippen LogP contribution in [0.5, 0.6) is 0 Å². The summed E-state index contributed by atoms with van der Waals surface area (Å²) in [5.74, 6) is 0.204. The molecule has 1 saturated heterocycles. The highest BCUT2D eigenvalue weighted by molar-refractivity contribution is 5.77. The minimum atomic E-state index is -0.833. The molecule has 1 aliphatic heterocycles. The predicted octanol–water partition coefficient (Wildman–Crippen LogP) is -2.09. The summed E-state index contributed by atoms with van der Waals surface area (Å²) in [5, 5.41) is 18.9. The van der Waals surface area contributed by atoms with Crippen molar-refractivity contribution >= 4 is 11.9 Å². The van der Waals surface area contributed by atoms with Crippen LogP contribution in [0, 0.1) is 0 Å². The molecule has 3 amide bonds. The highest BCUT2D eigenvalue weighted by atomic mass is 16.5. The van der Waals surface area contributed by atoms with Crippen LogP contribution in [0.15, 0.2) is 0 Å². The summed E-state index contributed by atoms with van der Waals surface area (Å²) in [5.41, 5.74) is 8.50. The second-order valence-corrected chi connectivity index (χ2v) is 2.92. The van der Waals surface area contributed by atoms with E-state index >= 15 is 0 Å². The molecular formula is C9H21N3O5. The van der Waals surface area contributed by atoms with Gasteiger partial charge in [0.2, 0.25) is 5.91 Å². The van der Waals surface area contributed by atoms with Gasteiger partial charge in [-0.15, -0.1) is 0 Å². The van der Waals surface area contributed by atoms with Crippen molar-refractivity contribution in [3.8, 4) is 0 Å². The molecule has 7 N–H and O–H groups in total. The molecule has 1 heterocycles. The van der Waals surface area contributed by atoms with E-state index < -0.39 is 6.03 Å².